The van der Waals surface area contributed by atoms with Crippen molar-refractivity contribution in [3.05, 3.63) is 29.3 Å². The molecule has 0 aromatic carbocycles. The van der Waals surface area contributed by atoms with Crippen molar-refractivity contribution in [2.45, 2.75) is 6.92 Å². The zero-order valence-electron chi connectivity index (χ0n) is 9.64. The monoisotopic (exact) mass is 244 g/mol. The highest BCUT2D eigenvalue weighted by molar-refractivity contribution is 7.16. The number of fused-ring (bicyclic) bond motifs is 1. The lowest BCUT2D eigenvalue weighted by molar-refractivity contribution is 0.960. The molecule has 0 radical (unpaired) electrons. The highest BCUT2D eigenvalue weighted by Gasteiger charge is 2.14. The number of rotatable bonds is 1. The summed E-state index contributed by atoms with van der Waals surface area (Å²) in [5, 5.41) is 0.806. The van der Waals surface area contributed by atoms with Crippen molar-refractivity contribution >= 4 is 27.5 Å². The molecule has 4 nitrogen and oxygen atoms in total. The van der Waals surface area contributed by atoms with Crippen LogP contribution in [-0.4, -0.2) is 14.5 Å². The lowest BCUT2D eigenvalue weighted by Crippen LogP contribution is -1.93. The Balaban J connectivity index is 2.31. The summed E-state index contributed by atoms with van der Waals surface area (Å²) >= 11 is 1.59. The second-order valence-corrected chi connectivity index (χ2v) is 5.26. The van der Waals surface area contributed by atoms with Crippen LogP contribution in [0.2, 0.25) is 0 Å². The van der Waals surface area contributed by atoms with Gasteiger partial charge in [-0.1, -0.05) is 0 Å². The molecule has 0 saturated heterocycles. The summed E-state index contributed by atoms with van der Waals surface area (Å²) in [5.41, 5.74) is 8.78. The Labute approximate surface area is 103 Å². The van der Waals surface area contributed by atoms with Crippen LogP contribution in [0.1, 0.15) is 4.88 Å². The summed E-state index contributed by atoms with van der Waals surface area (Å²) in [7, 11) is 1.98. The number of imidazole rings is 1. The molecule has 5 heteroatoms. The molecular formula is C12H12N4S. The van der Waals surface area contributed by atoms with E-state index in [4.69, 9.17) is 5.73 Å². The van der Waals surface area contributed by atoms with E-state index in [1.165, 1.54) is 4.88 Å². The highest BCUT2D eigenvalue weighted by Crippen LogP contribution is 2.33. The van der Waals surface area contributed by atoms with E-state index in [0.29, 0.717) is 0 Å². The van der Waals surface area contributed by atoms with Gasteiger partial charge in [0.05, 0.1) is 16.1 Å². The van der Waals surface area contributed by atoms with Crippen molar-refractivity contribution in [1.82, 2.24) is 14.5 Å². The minimum atomic E-state index is 0.758. The maximum Gasteiger partial charge on any atom is 0.178 e. The first-order chi connectivity index (χ1) is 8.16. The van der Waals surface area contributed by atoms with Crippen molar-refractivity contribution < 1.29 is 0 Å². The maximum atomic E-state index is 6.01. The van der Waals surface area contributed by atoms with Crippen LogP contribution in [0, 0.1) is 6.92 Å². The quantitative estimate of drug-likeness (QED) is 0.715. The van der Waals surface area contributed by atoms with Gasteiger partial charge in [0.15, 0.2) is 5.65 Å². The Hall–Kier alpha value is -1.88. The number of hydrogen-bond donors (Lipinski definition) is 1. The lowest BCUT2D eigenvalue weighted by atomic mass is 10.3. The Morgan fingerprint density at radius 3 is 2.88 bits per heavy atom. The van der Waals surface area contributed by atoms with Crippen LogP contribution in [-0.2, 0) is 7.05 Å². The van der Waals surface area contributed by atoms with E-state index in [9.17, 15) is 0 Å². The topological polar surface area (TPSA) is 56.7 Å². The molecule has 0 saturated carbocycles. The van der Waals surface area contributed by atoms with Crippen LogP contribution in [0.3, 0.4) is 0 Å². The van der Waals surface area contributed by atoms with Crippen molar-refractivity contribution in [3.8, 4) is 11.4 Å². The van der Waals surface area contributed by atoms with Crippen LogP contribution >= 0.6 is 11.3 Å². The van der Waals surface area contributed by atoms with Crippen molar-refractivity contribution in [2.75, 3.05) is 5.73 Å². The number of nitrogen functional groups attached to an aromatic ring is 1. The minimum absolute atomic E-state index is 0.758. The number of aromatic nitrogens is 3. The van der Waals surface area contributed by atoms with Crippen molar-refractivity contribution in [3.63, 3.8) is 0 Å². The summed E-state index contributed by atoms with van der Waals surface area (Å²) in [4.78, 5) is 9.98. The molecule has 0 aliphatic carbocycles. The Morgan fingerprint density at radius 2 is 2.24 bits per heavy atom. The van der Waals surface area contributed by atoms with E-state index >= 15 is 0 Å². The molecule has 17 heavy (non-hydrogen) atoms. The van der Waals surface area contributed by atoms with Gasteiger partial charge in [0.2, 0.25) is 0 Å². The van der Waals surface area contributed by atoms with Gasteiger partial charge < -0.3 is 10.3 Å². The van der Waals surface area contributed by atoms with E-state index in [-0.39, 0.29) is 0 Å². The second-order valence-electron chi connectivity index (χ2n) is 3.98. The average Bonchev–Trinajstić information content (AvgIpc) is 2.80. The first-order valence-electron chi connectivity index (χ1n) is 5.30. The number of pyridine rings is 1. The first-order valence-corrected chi connectivity index (χ1v) is 6.12. The Bertz CT molecular complexity index is 696. The molecule has 3 heterocycles. The molecule has 0 aliphatic rings. The fraction of sp³-hybridized carbons (Fsp3) is 0.167. The summed E-state index contributed by atoms with van der Waals surface area (Å²) in [6.07, 6.45) is 1.75. The molecule has 86 valence electrons. The zero-order valence-corrected chi connectivity index (χ0v) is 10.5. The van der Waals surface area contributed by atoms with Crippen LogP contribution in [0.25, 0.3) is 22.6 Å². The minimum Gasteiger partial charge on any atom is -0.390 e. The SMILES string of the molecule is Cc1cc(-c2nc3ncccc3n2C)c(N)s1. The molecule has 3 rings (SSSR count). The standard InChI is InChI=1S/C12H12N4S/c1-7-6-8(10(13)17-7)12-15-11-9(16(12)2)4-3-5-14-11/h3-6H,13H2,1-2H3. The fourth-order valence-electron chi connectivity index (χ4n) is 1.97. The molecule has 0 amide bonds. The number of hydrogen-bond acceptors (Lipinski definition) is 4. The zero-order chi connectivity index (χ0) is 12.0. The molecular weight excluding hydrogens is 232 g/mol. The number of nitrogens with zero attached hydrogens (tertiary/aromatic N) is 3. The second kappa shape index (κ2) is 3.56. The molecule has 3 aromatic heterocycles. The average molecular weight is 244 g/mol. The van der Waals surface area contributed by atoms with E-state index in [1.54, 1.807) is 17.5 Å². The number of aryl methyl sites for hydroxylation is 2. The van der Waals surface area contributed by atoms with Gasteiger partial charge in [-0.2, -0.15) is 0 Å². The van der Waals surface area contributed by atoms with Crippen LogP contribution in [0.5, 0.6) is 0 Å². The third-order valence-corrected chi connectivity index (χ3v) is 3.66. The summed E-state index contributed by atoms with van der Waals surface area (Å²) in [6.45, 7) is 2.05. The molecule has 3 aromatic rings. The lowest BCUT2D eigenvalue weighted by Gasteiger charge is -2.00. The summed E-state index contributed by atoms with van der Waals surface area (Å²) < 4.78 is 2.03. The number of nitrogens with two attached hydrogens (primary N) is 1. The number of anilines is 1. The predicted molar refractivity (Wildman–Crippen MR) is 71.0 cm³/mol. The summed E-state index contributed by atoms with van der Waals surface area (Å²) in [5.74, 6) is 0.876. The molecule has 0 aliphatic heterocycles. The van der Waals surface area contributed by atoms with Gasteiger partial charge in [-0.25, -0.2) is 9.97 Å². The van der Waals surface area contributed by atoms with Gasteiger partial charge in [-0.3, -0.25) is 0 Å². The third kappa shape index (κ3) is 1.51. The van der Waals surface area contributed by atoms with Crippen molar-refractivity contribution in [2.24, 2.45) is 7.05 Å². The molecule has 0 atom stereocenters. The first kappa shape index (κ1) is 10.3. The molecule has 0 unspecified atom stereocenters. The van der Waals surface area contributed by atoms with Gasteiger partial charge in [-0.15, -0.1) is 11.3 Å². The van der Waals surface area contributed by atoms with E-state index < -0.39 is 0 Å². The van der Waals surface area contributed by atoms with Gasteiger partial charge in [0.25, 0.3) is 0 Å². The molecule has 0 spiro atoms. The van der Waals surface area contributed by atoms with E-state index in [1.807, 2.05) is 30.7 Å². The van der Waals surface area contributed by atoms with E-state index in [0.717, 1.165) is 27.6 Å². The van der Waals surface area contributed by atoms with Crippen molar-refractivity contribution in [1.29, 1.82) is 0 Å². The van der Waals surface area contributed by atoms with Crippen LogP contribution < -0.4 is 5.73 Å². The molecule has 0 bridgehead atoms. The van der Waals surface area contributed by atoms with Gasteiger partial charge in [0, 0.05) is 18.1 Å². The molecule has 2 N–H and O–H groups in total. The highest BCUT2D eigenvalue weighted by atomic mass is 32.1. The number of thiophene rings is 1. The summed E-state index contributed by atoms with van der Waals surface area (Å²) in [6, 6.07) is 5.99. The van der Waals surface area contributed by atoms with E-state index in [2.05, 4.69) is 16.0 Å². The Kier molecular flexibility index (Phi) is 2.16. The molecule has 0 fully saturated rings. The Morgan fingerprint density at radius 1 is 1.41 bits per heavy atom. The van der Waals surface area contributed by atoms with Gasteiger partial charge in [0.1, 0.15) is 5.82 Å². The normalized spacial score (nSPS) is 11.2. The van der Waals surface area contributed by atoms with Crippen LogP contribution in [0.4, 0.5) is 5.00 Å². The largest absolute Gasteiger partial charge is 0.390 e. The predicted octanol–water partition coefficient (Wildman–Crippen LogP) is 2.59. The van der Waals surface area contributed by atoms with Gasteiger partial charge >= 0.3 is 0 Å². The maximum absolute atomic E-state index is 6.01. The third-order valence-electron chi connectivity index (χ3n) is 2.78. The fourth-order valence-corrected chi connectivity index (χ4v) is 2.76. The van der Waals surface area contributed by atoms with Gasteiger partial charge in [-0.05, 0) is 25.1 Å². The van der Waals surface area contributed by atoms with Crippen LogP contribution in [0.15, 0.2) is 24.4 Å². The smallest absolute Gasteiger partial charge is 0.178 e.